The fraction of sp³-hybridized carbons (Fsp3) is 0.846. The first-order valence-electron chi connectivity index (χ1n) is 6.40. The lowest BCUT2D eigenvalue weighted by atomic mass is 10.1. The molecule has 1 unspecified atom stereocenters. The zero-order chi connectivity index (χ0) is 13.1. The summed E-state index contributed by atoms with van der Waals surface area (Å²) in [7, 11) is 0. The molecule has 0 radical (unpaired) electrons. The third kappa shape index (κ3) is 8.70. The number of nitrogens with one attached hydrogen (secondary N) is 1. The van der Waals surface area contributed by atoms with Crippen molar-refractivity contribution in [3.63, 3.8) is 0 Å². The van der Waals surface area contributed by atoms with Gasteiger partial charge < -0.3 is 10.1 Å². The standard InChI is InChI=1S/C13H24N2O2/c1-4-7-12(10-14)13(16)15-8-5-6-9-17-11(2)3/h11-12H,4-9H2,1-3H3,(H,15,16). The van der Waals surface area contributed by atoms with Crippen molar-refractivity contribution in [3.05, 3.63) is 0 Å². The van der Waals surface area contributed by atoms with E-state index < -0.39 is 5.92 Å². The van der Waals surface area contributed by atoms with Crippen molar-refractivity contribution in [2.75, 3.05) is 13.2 Å². The Hall–Kier alpha value is -1.08. The van der Waals surface area contributed by atoms with Crippen molar-refractivity contribution in [2.45, 2.75) is 52.6 Å². The summed E-state index contributed by atoms with van der Waals surface area (Å²) in [5, 5.41) is 11.6. The van der Waals surface area contributed by atoms with Gasteiger partial charge in [0.05, 0.1) is 12.2 Å². The molecule has 1 amide bonds. The van der Waals surface area contributed by atoms with Crippen LogP contribution in [0.3, 0.4) is 0 Å². The fourth-order valence-electron chi connectivity index (χ4n) is 1.42. The second-order valence-electron chi connectivity index (χ2n) is 4.39. The predicted molar refractivity (Wildman–Crippen MR) is 67.3 cm³/mol. The monoisotopic (exact) mass is 240 g/mol. The van der Waals surface area contributed by atoms with E-state index in [-0.39, 0.29) is 12.0 Å². The van der Waals surface area contributed by atoms with E-state index in [2.05, 4.69) is 5.32 Å². The van der Waals surface area contributed by atoms with Gasteiger partial charge in [-0.05, 0) is 33.1 Å². The number of hydrogen-bond acceptors (Lipinski definition) is 3. The number of unbranched alkanes of at least 4 members (excludes halogenated alkanes) is 1. The van der Waals surface area contributed by atoms with Crippen LogP contribution in [0.15, 0.2) is 0 Å². The number of rotatable bonds is 9. The summed E-state index contributed by atoms with van der Waals surface area (Å²) >= 11 is 0. The van der Waals surface area contributed by atoms with E-state index >= 15 is 0 Å². The zero-order valence-corrected chi connectivity index (χ0v) is 11.2. The molecule has 17 heavy (non-hydrogen) atoms. The smallest absolute Gasteiger partial charge is 0.237 e. The molecule has 0 heterocycles. The Kier molecular flexibility index (Phi) is 9.46. The summed E-state index contributed by atoms with van der Waals surface area (Å²) in [4.78, 5) is 11.5. The van der Waals surface area contributed by atoms with E-state index in [0.717, 1.165) is 25.9 Å². The summed E-state index contributed by atoms with van der Waals surface area (Å²) in [6, 6.07) is 2.03. The molecule has 0 saturated carbocycles. The lowest BCUT2D eigenvalue weighted by Gasteiger charge is -2.10. The summed E-state index contributed by atoms with van der Waals surface area (Å²) in [5.74, 6) is -0.633. The highest BCUT2D eigenvalue weighted by Crippen LogP contribution is 2.04. The Morgan fingerprint density at radius 3 is 2.65 bits per heavy atom. The lowest BCUT2D eigenvalue weighted by Crippen LogP contribution is -2.30. The number of nitrogens with zero attached hydrogens (tertiary/aromatic N) is 1. The average molecular weight is 240 g/mol. The van der Waals surface area contributed by atoms with Crippen LogP contribution < -0.4 is 5.32 Å². The highest BCUT2D eigenvalue weighted by Gasteiger charge is 2.15. The maximum Gasteiger partial charge on any atom is 0.237 e. The quantitative estimate of drug-likeness (QED) is 0.629. The van der Waals surface area contributed by atoms with Gasteiger partial charge in [-0.3, -0.25) is 4.79 Å². The van der Waals surface area contributed by atoms with E-state index in [9.17, 15) is 4.79 Å². The molecule has 0 aliphatic rings. The molecule has 0 spiro atoms. The maximum absolute atomic E-state index is 11.5. The van der Waals surface area contributed by atoms with E-state index in [0.29, 0.717) is 13.0 Å². The van der Waals surface area contributed by atoms with Crippen LogP contribution in [-0.2, 0) is 9.53 Å². The molecule has 0 aromatic heterocycles. The van der Waals surface area contributed by atoms with Gasteiger partial charge in [-0.25, -0.2) is 0 Å². The van der Waals surface area contributed by atoms with E-state index in [1.54, 1.807) is 0 Å². The molecule has 0 saturated heterocycles. The van der Waals surface area contributed by atoms with Crippen LogP contribution in [0.25, 0.3) is 0 Å². The molecule has 4 heteroatoms. The van der Waals surface area contributed by atoms with Crippen molar-refractivity contribution in [1.29, 1.82) is 5.26 Å². The third-order valence-electron chi connectivity index (χ3n) is 2.37. The Labute approximate surface area is 104 Å². The molecule has 1 atom stereocenters. The van der Waals surface area contributed by atoms with Gasteiger partial charge in [-0.15, -0.1) is 0 Å². The Morgan fingerprint density at radius 2 is 2.12 bits per heavy atom. The third-order valence-corrected chi connectivity index (χ3v) is 2.37. The number of ether oxygens (including phenoxy) is 1. The molecule has 0 rings (SSSR count). The van der Waals surface area contributed by atoms with Gasteiger partial charge in [0, 0.05) is 13.2 Å². The van der Waals surface area contributed by atoms with Crippen molar-refractivity contribution >= 4 is 5.91 Å². The van der Waals surface area contributed by atoms with Crippen LogP contribution in [0.5, 0.6) is 0 Å². The summed E-state index contributed by atoms with van der Waals surface area (Å²) in [6.07, 6.45) is 3.58. The van der Waals surface area contributed by atoms with Crippen LogP contribution in [0.2, 0.25) is 0 Å². The maximum atomic E-state index is 11.5. The number of hydrogen-bond donors (Lipinski definition) is 1. The van der Waals surface area contributed by atoms with Crippen LogP contribution >= 0.6 is 0 Å². The Bertz CT molecular complexity index is 246. The molecule has 0 aliphatic heterocycles. The van der Waals surface area contributed by atoms with Crippen LogP contribution in [-0.4, -0.2) is 25.2 Å². The van der Waals surface area contributed by atoms with Gasteiger partial charge in [0.1, 0.15) is 5.92 Å². The molecule has 1 N–H and O–H groups in total. The number of carbonyl (C=O) groups excluding carboxylic acids is 1. The van der Waals surface area contributed by atoms with Crippen LogP contribution in [0.4, 0.5) is 0 Å². The average Bonchev–Trinajstić information content (AvgIpc) is 2.29. The van der Waals surface area contributed by atoms with Crippen molar-refractivity contribution in [2.24, 2.45) is 5.92 Å². The molecule has 0 aromatic rings. The predicted octanol–water partition coefficient (Wildman–Crippen LogP) is 2.25. The SMILES string of the molecule is CCCC(C#N)C(=O)NCCCCOC(C)C. The molecular formula is C13H24N2O2. The Balaban J connectivity index is 3.54. The number of amides is 1. The Morgan fingerprint density at radius 1 is 1.41 bits per heavy atom. The minimum atomic E-state index is -0.494. The zero-order valence-electron chi connectivity index (χ0n) is 11.2. The molecule has 0 aromatic carbocycles. The van der Waals surface area contributed by atoms with Crippen LogP contribution in [0, 0.1) is 17.2 Å². The molecule has 0 fully saturated rings. The summed E-state index contributed by atoms with van der Waals surface area (Å²) in [6.45, 7) is 7.33. The van der Waals surface area contributed by atoms with Crippen molar-refractivity contribution < 1.29 is 9.53 Å². The van der Waals surface area contributed by atoms with Crippen LogP contribution in [0.1, 0.15) is 46.5 Å². The van der Waals surface area contributed by atoms with E-state index in [1.807, 2.05) is 26.8 Å². The second-order valence-corrected chi connectivity index (χ2v) is 4.39. The molecule has 0 aliphatic carbocycles. The highest BCUT2D eigenvalue weighted by molar-refractivity contribution is 5.80. The van der Waals surface area contributed by atoms with Gasteiger partial charge in [0.2, 0.25) is 5.91 Å². The highest BCUT2D eigenvalue weighted by atomic mass is 16.5. The van der Waals surface area contributed by atoms with Crippen molar-refractivity contribution in [1.82, 2.24) is 5.32 Å². The molecule has 0 bridgehead atoms. The van der Waals surface area contributed by atoms with Gasteiger partial charge in [-0.1, -0.05) is 13.3 Å². The second kappa shape index (κ2) is 10.1. The minimum absolute atomic E-state index is 0.140. The first-order chi connectivity index (χ1) is 8.11. The molecular weight excluding hydrogens is 216 g/mol. The van der Waals surface area contributed by atoms with Gasteiger partial charge in [-0.2, -0.15) is 5.26 Å². The lowest BCUT2D eigenvalue weighted by molar-refractivity contribution is -0.123. The molecule has 4 nitrogen and oxygen atoms in total. The fourth-order valence-corrected chi connectivity index (χ4v) is 1.42. The minimum Gasteiger partial charge on any atom is -0.379 e. The summed E-state index contributed by atoms with van der Waals surface area (Å²) < 4.78 is 5.39. The first-order valence-corrected chi connectivity index (χ1v) is 6.40. The van der Waals surface area contributed by atoms with Gasteiger partial charge in [0.25, 0.3) is 0 Å². The normalized spacial score (nSPS) is 12.2. The first kappa shape index (κ1) is 15.9. The largest absolute Gasteiger partial charge is 0.379 e. The number of carbonyl (C=O) groups is 1. The van der Waals surface area contributed by atoms with E-state index in [1.165, 1.54) is 0 Å². The molecule has 98 valence electrons. The topological polar surface area (TPSA) is 62.1 Å². The van der Waals surface area contributed by atoms with Gasteiger partial charge in [0.15, 0.2) is 0 Å². The number of nitriles is 1. The van der Waals surface area contributed by atoms with Gasteiger partial charge >= 0.3 is 0 Å². The summed E-state index contributed by atoms with van der Waals surface area (Å²) in [5.41, 5.74) is 0. The van der Waals surface area contributed by atoms with E-state index in [4.69, 9.17) is 10.00 Å². The van der Waals surface area contributed by atoms with Crippen molar-refractivity contribution in [3.8, 4) is 6.07 Å².